The van der Waals surface area contributed by atoms with Gasteiger partial charge in [-0.25, -0.2) is 4.79 Å². The molecule has 0 aliphatic heterocycles. The molecule has 94 valence electrons. The number of rotatable bonds is 4. The summed E-state index contributed by atoms with van der Waals surface area (Å²) in [6.07, 6.45) is 0. The highest BCUT2D eigenvalue weighted by atomic mass is 32.2. The van der Waals surface area contributed by atoms with Crippen LogP contribution in [0.5, 0.6) is 0 Å². The largest absolute Gasteiger partial charge is 0.477 e. The van der Waals surface area contributed by atoms with E-state index in [9.17, 15) is 4.79 Å². The summed E-state index contributed by atoms with van der Waals surface area (Å²) in [6, 6.07) is 10.0. The Morgan fingerprint density at radius 2 is 2.06 bits per heavy atom. The molecular formula is C14H14O2S2. The molecular weight excluding hydrogens is 264 g/mol. The minimum Gasteiger partial charge on any atom is -0.477 e. The monoisotopic (exact) mass is 278 g/mol. The molecule has 0 atom stereocenters. The van der Waals surface area contributed by atoms with E-state index in [4.69, 9.17) is 5.11 Å². The number of hydrogen-bond acceptors (Lipinski definition) is 3. The number of carbonyl (C=O) groups is 1. The van der Waals surface area contributed by atoms with Crippen molar-refractivity contribution in [3.8, 4) is 0 Å². The van der Waals surface area contributed by atoms with Crippen LogP contribution in [0.1, 0.15) is 25.7 Å². The fourth-order valence-electron chi connectivity index (χ4n) is 1.64. The van der Waals surface area contributed by atoms with Crippen LogP contribution in [0, 0.1) is 13.8 Å². The van der Waals surface area contributed by atoms with E-state index in [1.807, 2.05) is 19.1 Å². The summed E-state index contributed by atoms with van der Waals surface area (Å²) >= 11 is 3.10. The molecule has 0 saturated carbocycles. The summed E-state index contributed by atoms with van der Waals surface area (Å²) in [5, 5.41) is 8.96. The highest BCUT2D eigenvalue weighted by Gasteiger charge is 2.11. The van der Waals surface area contributed by atoms with Crippen LogP contribution in [-0.2, 0) is 5.75 Å². The Kier molecular flexibility index (Phi) is 4.09. The van der Waals surface area contributed by atoms with Gasteiger partial charge in [0.2, 0.25) is 0 Å². The fraction of sp³-hybridized carbons (Fsp3) is 0.214. The van der Waals surface area contributed by atoms with Crippen molar-refractivity contribution in [1.29, 1.82) is 0 Å². The van der Waals surface area contributed by atoms with Crippen LogP contribution in [0.2, 0.25) is 0 Å². The highest BCUT2D eigenvalue weighted by Crippen LogP contribution is 2.30. The number of hydrogen-bond donors (Lipinski definition) is 1. The van der Waals surface area contributed by atoms with Crippen LogP contribution < -0.4 is 0 Å². The second-order valence-electron chi connectivity index (χ2n) is 4.05. The van der Waals surface area contributed by atoms with Gasteiger partial charge in [-0.2, -0.15) is 0 Å². The Bertz CT molecular complexity index is 573. The number of carboxylic acid groups (broad SMARTS) is 1. The Hall–Kier alpha value is -1.26. The van der Waals surface area contributed by atoms with Crippen LogP contribution in [0.4, 0.5) is 0 Å². The summed E-state index contributed by atoms with van der Waals surface area (Å²) in [6.45, 7) is 4.07. The number of aromatic carboxylic acids is 1. The molecule has 0 unspecified atom stereocenters. The Morgan fingerprint density at radius 3 is 2.67 bits per heavy atom. The van der Waals surface area contributed by atoms with Gasteiger partial charge in [0.15, 0.2) is 0 Å². The van der Waals surface area contributed by atoms with Crippen LogP contribution in [-0.4, -0.2) is 11.1 Å². The lowest BCUT2D eigenvalue weighted by Gasteiger charge is -2.04. The fourth-order valence-corrected chi connectivity index (χ4v) is 3.70. The van der Waals surface area contributed by atoms with Gasteiger partial charge in [0.25, 0.3) is 0 Å². The van der Waals surface area contributed by atoms with E-state index < -0.39 is 5.97 Å². The molecule has 1 N–H and O–H groups in total. The molecule has 0 aliphatic carbocycles. The lowest BCUT2D eigenvalue weighted by Crippen LogP contribution is -1.90. The minimum absolute atomic E-state index is 0.424. The average Bonchev–Trinajstić information content (AvgIpc) is 2.70. The lowest BCUT2D eigenvalue weighted by atomic mass is 10.2. The zero-order valence-electron chi connectivity index (χ0n) is 10.3. The third-order valence-corrected chi connectivity index (χ3v) is 5.01. The van der Waals surface area contributed by atoms with Crippen molar-refractivity contribution in [2.24, 2.45) is 0 Å². The Labute approximate surface area is 115 Å². The summed E-state index contributed by atoms with van der Waals surface area (Å²) in [5.41, 5.74) is 2.37. The van der Waals surface area contributed by atoms with Gasteiger partial charge in [-0.1, -0.05) is 18.2 Å². The first-order valence-electron chi connectivity index (χ1n) is 5.59. The molecule has 2 nitrogen and oxygen atoms in total. The van der Waals surface area contributed by atoms with Gasteiger partial charge in [-0.3, -0.25) is 0 Å². The maximum absolute atomic E-state index is 10.9. The molecule has 4 heteroatoms. The second-order valence-corrected chi connectivity index (χ2v) is 6.32. The predicted molar refractivity (Wildman–Crippen MR) is 76.8 cm³/mol. The van der Waals surface area contributed by atoms with Crippen molar-refractivity contribution in [3.63, 3.8) is 0 Å². The summed E-state index contributed by atoms with van der Waals surface area (Å²) in [7, 11) is 0. The third kappa shape index (κ3) is 2.94. The average molecular weight is 278 g/mol. The van der Waals surface area contributed by atoms with E-state index in [1.165, 1.54) is 21.8 Å². The molecule has 0 radical (unpaired) electrons. The summed E-state index contributed by atoms with van der Waals surface area (Å²) in [4.78, 5) is 13.7. The van der Waals surface area contributed by atoms with E-state index in [0.717, 1.165) is 16.2 Å². The normalized spacial score (nSPS) is 10.6. The molecule has 0 amide bonds. The van der Waals surface area contributed by atoms with Crippen molar-refractivity contribution >= 4 is 29.1 Å². The van der Waals surface area contributed by atoms with Crippen molar-refractivity contribution in [1.82, 2.24) is 0 Å². The number of aryl methyl sites for hydroxylation is 2. The van der Waals surface area contributed by atoms with Gasteiger partial charge in [-0.15, -0.1) is 23.1 Å². The van der Waals surface area contributed by atoms with Gasteiger partial charge < -0.3 is 5.11 Å². The first-order chi connectivity index (χ1) is 8.58. The molecule has 0 saturated heterocycles. The quantitative estimate of drug-likeness (QED) is 0.845. The van der Waals surface area contributed by atoms with Crippen molar-refractivity contribution < 1.29 is 9.90 Å². The van der Waals surface area contributed by atoms with Crippen LogP contribution in [0.15, 0.2) is 35.2 Å². The van der Waals surface area contributed by atoms with E-state index in [0.29, 0.717) is 4.88 Å². The van der Waals surface area contributed by atoms with Crippen molar-refractivity contribution in [2.75, 3.05) is 0 Å². The van der Waals surface area contributed by atoms with Gasteiger partial charge in [0.05, 0.1) is 0 Å². The molecule has 1 aromatic heterocycles. The van der Waals surface area contributed by atoms with Crippen molar-refractivity contribution in [3.05, 3.63) is 51.2 Å². The molecule has 0 spiro atoms. The zero-order chi connectivity index (χ0) is 13.1. The van der Waals surface area contributed by atoms with Crippen LogP contribution in [0.3, 0.4) is 0 Å². The van der Waals surface area contributed by atoms with E-state index in [2.05, 4.69) is 19.1 Å². The maximum atomic E-state index is 10.9. The first kappa shape index (κ1) is 13.2. The van der Waals surface area contributed by atoms with Gasteiger partial charge in [-0.05, 0) is 37.1 Å². The molecule has 0 fully saturated rings. The number of thiophene rings is 1. The Morgan fingerprint density at radius 1 is 1.33 bits per heavy atom. The third-order valence-electron chi connectivity index (χ3n) is 2.71. The van der Waals surface area contributed by atoms with E-state index in [-0.39, 0.29) is 0 Å². The van der Waals surface area contributed by atoms with Crippen LogP contribution >= 0.6 is 23.1 Å². The summed E-state index contributed by atoms with van der Waals surface area (Å²) < 4.78 is 0. The predicted octanol–water partition coefficient (Wildman–Crippen LogP) is 4.36. The van der Waals surface area contributed by atoms with E-state index in [1.54, 1.807) is 17.8 Å². The first-order valence-corrected chi connectivity index (χ1v) is 7.39. The molecule has 18 heavy (non-hydrogen) atoms. The highest BCUT2D eigenvalue weighted by molar-refractivity contribution is 7.98. The van der Waals surface area contributed by atoms with Gasteiger partial charge in [0, 0.05) is 15.5 Å². The molecule has 0 aliphatic rings. The zero-order valence-corrected chi connectivity index (χ0v) is 11.9. The topological polar surface area (TPSA) is 37.3 Å². The molecule has 0 bridgehead atoms. The minimum atomic E-state index is -0.838. The SMILES string of the molecule is Cc1ccccc1SCc1cc(C(=O)O)sc1C. The number of carboxylic acids is 1. The lowest BCUT2D eigenvalue weighted by molar-refractivity contribution is 0.0702. The maximum Gasteiger partial charge on any atom is 0.345 e. The number of benzene rings is 1. The second kappa shape index (κ2) is 5.59. The molecule has 1 aromatic carbocycles. The van der Waals surface area contributed by atoms with Gasteiger partial charge in [0.1, 0.15) is 4.88 Å². The Balaban J connectivity index is 2.11. The number of thioether (sulfide) groups is 1. The molecule has 2 rings (SSSR count). The standard InChI is InChI=1S/C14H14O2S2/c1-9-5-3-4-6-12(9)17-8-11-7-13(14(15)16)18-10(11)2/h3-7H,8H2,1-2H3,(H,15,16). The van der Waals surface area contributed by atoms with Crippen LogP contribution in [0.25, 0.3) is 0 Å². The summed E-state index contributed by atoms with van der Waals surface area (Å²) in [5.74, 6) is -0.0178. The molecule has 1 heterocycles. The van der Waals surface area contributed by atoms with Crippen molar-refractivity contribution in [2.45, 2.75) is 24.5 Å². The van der Waals surface area contributed by atoms with Gasteiger partial charge >= 0.3 is 5.97 Å². The smallest absolute Gasteiger partial charge is 0.345 e. The molecule has 2 aromatic rings. The van der Waals surface area contributed by atoms with E-state index >= 15 is 0 Å².